The summed E-state index contributed by atoms with van der Waals surface area (Å²) in [6.45, 7) is 4.72. The van der Waals surface area contributed by atoms with Crippen molar-refractivity contribution in [3.8, 4) is 0 Å². The van der Waals surface area contributed by atoms with Crippen LogP contribution in [0.25, 0.3) is 0 Å². The second kappa shape index (κ2) is 6.16. The minimum Gasteiger partial charge on any atom is -0.363 e. The fourth-order valence-corrected chi connectivity index (χ4v) is 2.56. The van der Waals surface area contributed by atoms with E-state index in [9.17, 15) is 8.42 Å². The van der Waals surface area contributed by atoms with Crippen molar-refractivity contribution in [2.24, 2.45) is 0 Å². The average Bonchev–Trinajstić information content (AvgIpc) is 3.05. The third-order valence-corrected chi connectivity index (χ3v) is 4.00. The molecule has 0 aliphatic carbocycles. The lowest BCUT2D eigenvalue weighted by atomic mass is 10.3. The zero-order valence-corrected chi connectivity index (χ0v) is 12.2. The molecule has 0 aliphatic heterocycles. The summed E-state index contributed by atoms with van der Waals surface area (Å²) in [4.78, 5) is 7.00. The molecule has 20 heavy (non-hydrogen) atoms. The highest BCUT2D eigenvalue weighted by atomic mass is 32.2. The summed E-state index contributed by atoms with van der Waals surface area (Å²) in [6, 6.07) is 1.95. The van der Waals surface area contributed by atoms with Gasteiger partial charge in [-0.2, -0.15) is 5.10 Å². The quantitative estimate of drug-likeness (QED) is 0.579. The van der Waals surface area contributed by atoms with Gasteiger partial charge in [0.05, 0.1) is 11.4 Å². The smallest absolute Gasteiger partial charge is 0.242 e. The van der Waals surface area contributed by atoms with Crippen LogP contribution >= 0.6 is 0 Å². The van der Waals surface area contributed by atoms with Crippen molar-refractivity contribution in [2.75, 3.05) is 0 Å². The Balaban J connectivity index is 1.98. The molecule has 0 saturated heterocycles. The van der Waals surface area contributed by atoms with E-state index in [2.05, 4.69) is 30.2 Å². The molecule has 0 bridgehead atoms. The molecule has 0 aliphatic rings. The zero-order valence-electron chi connectivity index (χ0n) is 11.3. The van der Waals surface area contributed by atoms with E-state index < -0.39 is 10.0 Å². The third kappa shape index (κ3) is 3.89. The summed E-state index contributed by atoms with van der Waals surface area (Å²) in [5.41, 5.74) is 0.818. The molecule has 9 heteroatoms. The van der Waals surface area contributed by atoms with Crippen LogP contribution in [0.4, 0.5) is 0 Å². The molecule has 110 valence electrons. The number of aromatic nitrogens is 4. The van der Waals surface area contributed by atoms with Crippen molar-refractivity contribution >= 4 is 10.0 Å². The highest BCUT2D eigenvalue weighted by Crippen LogP contribution is 2.11. The summed E-state index contributed by atoms with van der Waals surface area (Å²) >= 11 is 0. The Morgan fingerprint density at radius 3 is 2.80 bits per heavy atom. The van der Waals surface area contributed by atoms with Crippen molar-refractivity contribution in [2.45, 2.75) is 37.9 Å². The van der Waals surface area contributed by atoms with E-state index in [1.807, 2.05) is 13.8 Å². The van der Waals surface area contributed by atoms with Gasteiger partial charge in [-0.1, -0.05) is 13.8 Å². The van der Waals surface area contributed by atoms with Crippen molar-refractivity contribution in [1.82, 2.24) is 30.2 Å². The van der Waals surface area contributed by atoms with Gasteiger partial charge in [0.2, 0.25) is 10.0 Å². The Bertz CT molecular complexity index is 632. The second-order valence-electron chi connectivity index (χ2n) is 4.65. The standard InChI is InChI=1S/C11H18N6O2S/c1-8(2)12-4-9-3-10(5-13-9)20(18,19)16-6-11-14-7-15-17-11/h3,5,7-8,12-13,16H,4,6H2,1-2H3,(H,14,15,17). The number of nitrogens with zero attached hydrogens (tertiary/aromatic N) is 2. The van der Waals surface area contributed by atoms with Crippen molar-refractivity contribution in [3.05, 3.63) is 30.1 Å². The molecule has 4 N–H and O–H groups in total. The predicted octanol–water partition coefficient (Wildman–Crippen LogP) is 0.109. The number of rotatable bonds is 7. The molecule has 2 heterocycles. The maximum absolute atomic E-state index is 12.1. The molecule has 0 saturated carbocycles. The average molecular weight is 298 g/mol. The lowest BCUT2D eigenvalue weighted by Crippen LogP contribution is -2.23. The van der Waals surface area contributed by atoms with Gasteiger partial charge in [-0.25, -0.2) is 18.1 Å². The molecular weight excluding hydrogens is 280 g/mol. The zero-order chi connectivity index (χ0) is 14.6. The van der Waals surface area contributed by atoms with Crippen LogP contribution in [0.1, 0.15) is 25.4 Å². The first-order chi connectivity index (χ1) is 9.47. The third-order valence-electron chi connectivity index (χ3n) is 2.62. The van der Waals surface area contributed by atoms with Gasteiger partial charge < -0.3 is 10.3 Å². The van der Waals surface area contributed by atoms with Crippen LogP contribution in [0, 0.1) is 0 Å². The summed E-state index contributed by atoms with van der Waals surface area (Å²) in [5.74, 6) is 0.464. The van der Waals surface area contributed by atoms with Crippen LogP contribution in [0.2, 0.25) is 0 Å². The maximum atomic E-state index is 12.1. The summed E-state index contributed by atoms with van der Waals surface area (Å²) < 4.78 is 26.6. The largest absolute Gasteiger partial charge is 0.363 e. The normalized spacial score (nSPS) is 12.2. The molecule has 2 aromatic heterocycles. The van der Waals surface area contributed by atoms with Gasteiger partial charge in [0.1, 0.15) is 12.2 Å². The first-order valence-corrected chi connectivity index (χ1v) is 7.70. The lowest BCUT2D eigenvalue weighted by Gasteiger charge is -2.05. The topological polar surface area (TPSA) is 116 Å². The SMILES string of the molecule is CC(C)NCc1cc(S(=O)(=O)NCc2ncn[nH]2)c[nH]1. The number of H-pyrrole nitrogens is 2. The second-order valence-corrected chi connectivity index (χ2v) is 6.42. The van der Waals surface area contributed by atoms with Crippen LogP contribution in [-0.2, 0) is 23.1 Å². The molecule has 0 aromatic carbocycles. The first-order valence-electron chi connectivity index (χ1n) is 6.22. The van der Waals surface area contributed by atoms with Gasteiger partial charge >= 0.3 is 0 Å². The molecule has 0 amide bonds. The highest BCUT2D eigenvalue weighted by Gasteiger charge is 2.16. The van der Waals surface area contributed by atoms with Gasteiger partial charge in [-0.15, -0.1) is 0 Å². The summed E-state index contributed by atoms with van der Waals surface area (Å²) in [5, 5.41) is 9.46. The first kappa shape index (κ1) is 14.7. The number of nitrogens with one attached hydrogen (secondary N) is 4. The molecule has 0 unspecified atom stereocenters. The Hall–Kier alpha value is -1.71. The lowest BCUT2D eigenvalue weighted by molar-refractivity contribution is 0.578. The van der Waals surface area contributed by atoms with E-state index in [1.165, 1.54) is 12.5 Å². The van der Waals surface area contributed by atoms with Crippen molar-refractivity contribution in [3.63, 3.8) is 0 Å². The summed E-state index contributed by atoms with van der Waals surface area (Å²) in [7, 11) is -3.55. The minimum absolute atomic E-state index is 0.0765. The van der Waals surface area contributed by atoms with Crippen molar-refractivity contribution in [1.29, 1.82) is 0 Å². The van der Waals surface area contributed by atoms with Crippen LogP contribution in [-0.4, -0.2) is 34.6 Å². The van der Waals surface area contributed by atoms with E-state index in [0.717, 1.165) is 5.69 Å². The molecule has 8 nitrogen and oxygen atoms in total. The van der Waals surface area contributed by atoms with Gasteiger partial charge in [0, 0.05) is 24.5 Å². The number of sulfonamides is 1. The summed E-state index contributed by atoms with van der Waals surface area (Å²) in [6.07, 6.45) is 2.80. The van der Waals surface area contributed by atoms with Gasteiger partial charge in [0.25, 0.3) is 0 Å². The Kier molecular flexibility index (Phi) is 4.53. The van der Waals surface area contributed by atoms with E-state index in [-0.39, 0.29) is 11.4 Å². The molecule has 0 spiro atoms. The predicted molar refractivity (Wildman–Crippen MR) is 73.2 cm³/mol. The highest BCUT2D eigenvalue weighted by molar-refractivity contribution is 7.89. The van der Waals surface area contributed by atoms with E-state index >= 15 is 0 Å². The minimum atomic E-state index is -3.55. The van der Waals surface area contributed by atoms with Gasteiger partial charge in [0.15, 0.2) is 0 Å². The Morgan fingerprint density at radius 2 is 2.15 bits per heavy atom. The van der Waals surface area contributed by atoms with Gasteiger partial charge in [-0.05, 0) is 6.07 Å². The van der Waals surface area contributed by atoms with Crippen LogP contribution in [0.5, 0.6) is 0 Å². The van der Waals surface area contributed by atoms with Crippen LogP contribution < -0.4 is 10.0 Å². The molecule has 0 fully saturated rings. The van der Waals surface area contributed by atoms with E-state index in [0.29, 0.717) is 18.4 Å². The molecule has 0 radical (unpaired) electrons. The molecule has 2 aromatic rings. The number of hydrogen-bond donors (Lipinski definition) is 4. The van der Waals surface area contributed by atoms with Crippen molar-refractivity contribution < 1.29 is 8.42 Å². The van der Waals surface area contributed by atoms with Gasteiger partial charge in [-0.3, -0.25) is 5.10 Å². The maximum Gasteiger partial charge on any atom is 0.242 e. The molecule has 0 atom stereocenters. The fourth-order valence-electron chi connectivity index (χ4n) is 1.55. The van der Waals surface area contributed by atoms with Crippen LogP contribution in [0.3, 0.4) is 0 Å². The van der Waals surface area contributed by atoms with E-state index in [1.54, 1.807) is 6.07 Å². The fraction of sp³-hybridized carbons (Fsp3) is 0.455. The number of hydrogen-bond acceptors (Lipinski definition) is 5. The molecule has 2 rings (SSSR count). The Labute approximate surface area is 117 Å². The number of aromatic amines is 2. The molecular formula is C11H18N6O2S. The Morgan fingerprint density at radius 1 is 1.35 bits per heavy atom. The van der Waals surface area contributed by atoms with Crippen LogP contribution in [0.15, 0.2) is 23.5 Å². The monoisotopic (exact) mass is 298 g/mol. The van der Waals surface area contributed by atoms with E-state index in [4.69, 9.17) is 0 Å².